The maximum Gasteiger partial charge on any atom is 0.283 e. The number of hydrogen-bond donors (Lipinski definition) is 1. The fraction of sp³-hybridized carbons (Fsp3) is 0.400. The van der Waals surface area contributed by atoms with E-state index in [1.165, 1.54) is 17.8 Å². The zero-order chi connectivity index (χ0) is 20.7. The van der Waals surface area contributed by atoms with Gasteiger partial charge in [0, 0.05) is 44.0 Å². The van der Waals surface area contributed by atoms with E-state index in [0.717, 1.165) is 23.6 Å². The van der Waals surface area contributed by atoms with Gasteiger partial charge in [-0.3, -0.25) is 14.9 Å². The summed E-state index contributed by atoms with van der Waals surface area (Å²) in [6.07, 6.45) is 2.67. The zero-order valence-corrected chi connectivity index (χ0v) is 17.5. The Morgan fingerprint density at radius 2 is 2.07 bits per heavy atom. The Kier molecular flexibility index (Phi) is 7.80. The molecule has 7 nitrogen and oxygen atoms in total. The van der Waals surface area contributed by atoms with E-state index in [0.29, 0.717) is 17.4 Å². The number of aromatic nitrogens is 1. The molecule has 8 heteroatoms. The number of carbonyl (C=O) groups excluding carboxylic acids is 1. The van der Waals surface area contributed by atoms with Crippen LogP contribution in [-0.2, 0) is 6.54 Å². The van der Waals surface area contributed by atoms with Gasteiger partial charge in [0.15, 0.2) is 0 Å². The molecule has 1 N–H and O–H groups in total. The van der Waals surface area contributed by atoms with Crippen LogP contribution in [0.3, 0.4) is 0 Å². The minimum Gasteiger partial charge on any atom is -0.362 e. The van der Waals surface area contributed by atoms with E-state index in [4.69, 9.17) is 0 Å². The second-order valence-electron chi connectivity index (χ2n) is 7.03. The third-order valence-electron chi connectivity index (χ3n) is 4.10. The van der Waals surface area contributed by atoms with E-state index in [2.05, 4.69) is 24.1 Å². The Bertz CT molecular complexity index is 840. The van der Waals surface area contributed by atoms with E-state index in [9.17, 15) is 14.9 Å². The molecule has 0 aliphatic heterocycles. The molecular formula is C20H26N4O3S. The average Bonchev–Trinajstić information content (AvgIpc) is 2.66. The molecule has 28 heavy (non-hydrogen) atoms. The standard InChI is InChI=1S/C20H26N4O3S/c1-14(2)9-11-28-18-8-7-15(12-17(18)24(26)27)20(25)22-13-16-6-5-10-21-19(16)23(3)4/h5-8,10,12,14H,9,11,13H2,1-4H3,(H,22,25). The topological polar surface area (TPSA) is 88.4 Å². The highest BCUT2D eigenvalue weighted by atomic mass is 32.2. The van der Waals surface area contributed by atoms with E-state index >= 15 is 0 Å². The van der Waals surface area contributed by atoms with Crippen molar-refractivity contribution in [2.45, 2.75) is 31.7 Å². The van der Waals surface area contributed by atoms with Crippen LogP contribution in [-0.4, -0.2) is 35.7 Å². The van der Waals surface area contributed by atoms with Gasteiger partial charge in [0.25, 0.3) is 11.6 Å². The molecule has 0 bridgehead atoms. The molecule has 1 aromatic heterocycles. The fourth-order valence-corrected chi connectivity index (χ4v) is 3.83. The van der Waals surface area contributed by atoms with Crippen molar-refractivity contribution in [3.63, 3.8) is 0 Å². The van der Waals surface area contributed by atoms with Crippen molar-refractivity contribution in [2.75, 3.05) is 24.7 Å². The molecule has 2 rings (SSSR count). The molecule has 0 aliphatic rings. The van der Waals surface area contributed by atoms with Gasteiger partial charge in [-0.05, 0) is 36.3 Å². The van der Waals surface area contributed by atoms with Crippen molar-refractivity contribution in [1.82, 2.24) is 10.3 Å². The molecule has 0 aliphatic carbocycles. The Labute approximate surface area is 169 Å². The third kappa shape index (κ3) is 5.95. The molecule has 0 spiro atoms. The fourth-order valence-electron chi connectivity index (χ4n) is 2.58. The molecule has 0 fully saturated rings. The molecule has 2 aromatic rings. The molecule has 150 valence electrons. The number of carbonyl (C=O) groups is 1. The lowest BCUT2D eigenvalue weighted by molar-refractivity contribution is -0.387. The number of nitrogens with one attached hydrogen (secondary N) is 1. The summed E-state index contributed by atoms with van der Waals surface area (Å²) in [5.74, 6) is 1.76. The first-order chi connectivity index (χ1) is 13.3. The Morgan fingerprint density at radius 3 is 2.71 bits per heavy atom. The van der Waals surface area contributed by atoms with E-state index in [1.807, 2.05) is 31.1 Å². The largest absolute Gasteiger partial charge is 0.362 e. The molecule has 0 atom stereocenters. The molecular weight excluding hydrogens is 376 g/mol. The molecule has 0 saturated carbocycles. The Morgan fingerprint density at radius 1 is 1.32 bits per heavy atom. The summed E-state index contributed by atoms with van der Waals surface area (Å²) in [6.45, 7) is 4.53. The van der Waals surface area contributed by atoms with Crippen molar-refractivity contribution < 1.29 is 9.72 Å². The minimum atomic E-state index is -0.431. The lowest BCUT2D eigenvalue weighted by Gasteiger charge is -2.16. The van der Waals surface area contributed by atoms with Crippen molar-refractivity contribution in [3.05, 3.63) is 57.8 Å². The first-order valence-electron chi connectivity index (χ1n) is 9.10. The SMILES string of the molecule is CC(C)CCSc1ccc(C(=O)NCc2cccnc2N(C)C)cc1[N+](=O)[O-]. The summed E-state index contributed by atoms with van der Waals surface area (Å²) >= 11 is 1.45. The maximum atomic E-state index is 12.5. The third-order valence-corrected chi connectivity index (χ3v) is 5.20. The number of nitro benzene ring substituents is 1. The van der Waals surface area contributed by atoms with Gasteiger partial charge in [-0.1, -0.05) is 19.9 Å². The lowest BCUT2D eigenvalue weighted by Crippen LogP contribution is -2.24. The number of thioether (sulfide) groups is 1. The number of rotatable bonds is 9. The quantitative estimate of drug-likeness (QED) is 0.385. The minimum absolute atomic E-state index is 0.0308. The van der Waals surface area contributed by atoms with E-state index < -0.39 is 4.92 Å². The number of amides is 1. The zero-order valence-electron chi connectivity index (χ0n) is 16.6. The monoisotopic (exact) mass is 402 g/mol. The van der Waals surface area contributed by atoms with Crippen molar-refractivity contribution in [3.8, 4) is 0 Å². The first-order valence-corrected chi connectivity index (χ1v) is 10.1. The average molecular weight is 403 g/mol. The predicted octanol–water partition coefficient (Wildman–Crippen LogP) is 4.12. The van der Waals surface area contributed by atoms with Gasteiger partial charge in [-0.15, -0.1) is 11.8 Å². The van der Waals surface area contributed by atoms with Gasteiger partial charge < -0.3 is 10.2 Å². The highest BCUT2D eigenvalue weighted by Crippen LogP contribution is 2.31. The smallest absolute Gasteiger partial charge is 0.283 e. The number of pyridine rings is 1. The van der Waals surface area contributed by atoms with Crippen molar-refractivity contribution in [1.29, 1.82) is 0 Å². The lowest BCUT2D eigenvalue weighted by atomic mass is 10.1. The van der Waals surface area contributed by atoms with Gasteiger partial charge in [0.05, 0.1) is 9.82 Å². The second-order valence-corrected chi connectivity index (χ2v) is 8.17. The van der Waals surface area contributed by atoms with Crippen molar-refractivity contribution >= 4 is 29.2 Å². The molecule has 1 aromatic carbocycles. The van der Waals surface area contributed by atoms with Crippen LogP contribution in [0, 0.1) is 16.0 Å². The van der Waals surface area contributed by atoms with Gasteiger partial charge in [-0.2, -0.15) is 0 Å². The van der Waals surface area contributed by atoms with E-state index in [-0.39, 0.29) is 17.2 Å². The van der Waals surface area contributed by atoms with Gasteiger partial charge in [0.1, 0.15) is 5.82 Å². The molecule has 0 saturated heterocycles. The van der Waals surface area contributed by atoms with Gasteiger partial charge >= 0.3 is 0 Å². The van der Waals surface area contributed by atoms with Crippen molar-refractivity contribution in [2.24, 2.45) is 5.92 Å². The Hall–Kier alpha value is -2.61. The van der Waals surface area contributed by atoms with Gasteiger partial charge in [-0.25, -0.2) is 4.98 Å². The highest BCUT2D eigenvalue weighted by Gasteiger charge is 2.18. The van der Waals surface area contributed by atoms with Crippen LogP contribution in [0.15, 0.2) is 41.4 Å². The van der Waals surface area contributed by atoms with Crippen LogP contribution < -0.4 is 10.2 Å². The van der Waals surface area contributed by atoms with Crippen LogP contribution in [0.4, 0.5) is 11.5 Å². The number of hydrogen-bond acceptors (Lipinski definition) is 6. The molecule has 0 radical (unpaired) electrons. The highest BCUT2D eigenvalue weighted by molar-refractivity contribution is 7.99. The number of benzene rings is 1. The summed E-state index contributed by atoms with van der Waals surface area (Å²) in [5.41, 5.74) is 1.11. The summed E-state index contributed by atoms with van der Waals surface area (Å²) in [5, 5.41) is 14.3. The molecule has 0 unspecified atom stereocenters. The van der Waals surface area contributed by atoms with Gasteiger partial charge in [0.2, 0.25) is 0 Å². The molecule has 1 heterocycles. The summed E-state index contributed by atoms with van der Waals surface area (Å²) < 4.78 is 0. The number of anilines is 1. The number of nitro groups is 1. The van der Waals surface area contributed by atoms with Crippen LogP contribution in [0.25, 0.3) is 0 Å². The normalized spacial score (nSPS) is 10.8. The maximum absolute atomic E-state index is 12.5. The summed E-state index contributed by atoms with van der Waals surface area (Å²) in [7, 11) is 3.76. The summed E-state index contributed by atoms with van der Waals surface area (Å²) in [6, 6.07) is 8.34. The Balaban J connectivity index is 2.11. The van der Waals surface area contributed by atoms with Crippen LogP contribution >= 0.6 is 11.8 Å². The van der Waals surface area contributed by atoms with Crippen LogP contribution in [0.1, 0.15) is 36.2 Å². The predicted molar refractivity (Wildman–Crippen MR) is 113 cm³/mol. The number of nitrogens with zero attached hydrogens (tertiary/aromatic N) is 3. The van der Waals surface area contributed by atoms with Crippen LogP contribution in [0.2, 0.25) is 0 Å². The molecule has 1 amide bonds. The van der Waals surface area contributed by atoms with Crippen LogP contribution in [0.5, 0.6) is 0 Å². The summed E-state index contributed by atoms with van der Waals surface area (Å²) in [4.78, 5) is 30.3. The second kappa shape index (κ2) is 10.1. The van der Waals surface area contributed by atoms with E-state index in [1.54, 1.807) is 18.3 Å². The first kappa shape index (κ1) is 21.7.